The molecular formula is C14H10F3NO2. The first-order valence-corrected chi connectivity index (χ1v) is 5.60. The highest BCUT2D eigenvalue weighted by molar-refractivity contribution is 5.98. The van der Waals surface area contributed by atoms with Gasteiger partial charge in [0.1, 0.15) is 5.82 Å². The van der Waals surface area contributed by atoms with E-state index in [4.69, 9.17) is 10.8 Å². The van der Waals surface area contributed by atoms with Gasteiger partial charge in [-0.3, -0.25) is 0 Å². The molecule has 0 saturated carbocycles. The van der Waals surface area contributed by atoms with Gasteiger partial charge in [0.2, 0.25) is 0 Å². The summed E-state index contributed by atoms with van der Waals surface area (Å²) in [6.45, 7) is 1.09. The van der Waals surface area contributed by atoms with Gasteiger partial charge in [0.25, 0.3) is 0 Å². The van der Waals surface area contributed by atoms with E-state index in [1.54, 1.807) is 0 Å². The molecule has 0 aromatic heterocycles. The third-order valence-corrected chi connectivity index (χ3v) is 3.00. The van der Waals surface area contributed by atoms with Crippen molar-refractivity contribution in [1.82, 2.24) is 0 Å². The maximum absolute atomic E-state index is 14.0. The first kappa shape index (κ1) is 13.9. The van der Waals surface area contributed by atoms with Crippen molar-refractivity contribution in [2.75, 3.05) is 5.73 Å². The summed E-state index contributed by atoms with van der Waals surface area (Å²) in [6.07, 6.45) is 0. The van der Waals surface area contributed by atoms with Crippen molar-refractivity contribution < 1.29 is 23.1 Å². The monoisotopic (exact) mass is 281 g/mol. The van der Waals surface area contributed by atoms with Crippen LogP contribution >= 0.6 is 0 Å². The van der Waals surface area contributed by atoms with Crippen LogP contribution in [-0.2, 0) is 0 Å². The molecule has 0 amide bonds. The second-order valence-electron chi connectivity index (χ2n) is 4.23. The second-order valence-corrected chi connectivity index (χ2v) is 4.23. The molecule has 104 valence electrons. The number of hydrogen-bond donors (Lipinski definition) is 2. The summed E-state index contributed by atoms with van der Waals surface area (Å²) in [7, 11) is 0. The van der Waals surface area contributed by atoms with Gasteiger partial charge in [-0.2, -0.15) is 0 Å². The lowest BCUT2D eigenvalue weighted by molar-refractivity contribution is 0.0698. The Hall–Kier alpha value is -2.50. The Balaban J connectivity index is 2.76. The Labute approximate surface area is 112 Å². The van der Waals surface area contributed by atoms with E-state index in [2.05, 4.69) is 0 Å². The number of carbonyl (C=O) groups is 1. The van der Waals surface area contributed by atoms with Crippen molar-refractivity contribution in [2.45, 2.75) is 6.92 Å². The summed E-state index contributed by atoms with van der Waals surface area (Å²) in [5.41, 5.74) is 4.47. The second kappa shape index (κ2) is 4.88. The van der Waals surface area contributed by atoms with E-state index in [-0.39, 0.29) is 22.4 Å². The number of nitrogens with two attached hydrogens (primary N) is 1. The molecule has 0 aliphatic heterocycles. The lowest BCUT2D eigenvalue weighted by atomic mass is 9.97. The minimum absolute atomic E-state index is 0.00407. The molecule has 0 bridgehead atoms. The standard InChI is InChI=1S/C14H10F3NO2/c1-6-11(16)9(5-10(15)12(6)17)7-3-2-4-8(13(7)18)14(19)20/h2-5H,18H2,1H3,(H,19,20). The fourth-order valence-electron chi connectivity index (χ4n) is 1.91. The zero-order valence-electron chi connectivity index (χ0n) is 10.4. The lowest BCUT2D eigenvalue weighted by Gasteiger charge is -2.12. The zero-order valence-corrected chi connectivity index (χ0v) is 10.4. The van der Waals surface area contributed by atoms with Crippen molar-refractivity contribution in [1.29, 1.82) is 0 Å². The predicted octanol–water partition coefficient (Wildman–Crippen LogP) is 3.36. The van der Waals surface area contributed by atoms with Crippen molar-refractivity contribution >= 4 is 11.7 Å². The number of carboxylic acid groups (broad SMARTS) is 1. The molecule has 3 N–H and O–H groups in total. The summed E-state index contributed by atoms with van der Waals surface area (Å²) in [5, 5.41) is 8.95. The topological polar surface area (TPSA) is 63.3 Å². The smallest absolute Gasteiger partial charge is 0.337 e. The summed E-state index contributed by atoms with van der Waals surface area (Å²) in [5.74, 6) is -4.76. The van der Waals surface area contributed by atoms with Crippen LogP contribution in [-0.4, -0.2) is 11.1 Å². The van der Waals surface area contributed by atoms with E-state index in [1.807, 2.05) is 0 Å². The molecule has 0 aliphatic rings. The Morgan fingerprint density at radius 1 is 1.15 bits per heavy atom. The zero-order chi connectivity index (χ0) is 15.0. The number of benzene rings is 2. The number of halogens is 3. The molecule has 20 heavy (non-hydrogen) atoms. The molecule has 2 rings (SSSR count). The van der Waals surface area contributed by atoms with Gasteiger partial charge in [-0.15, -0.1) is 0 Å². The van der Waals surface area contributed by atoms with Crippen molar-refractivity contribution in [3.05, 3.63) is 52.8 Å². The molecule has 0 radical (unpaired) electrons. The number of carboxylic acids is 1. The average Bonchev–Trinajstić information content (AvgIpc) is 2.41. The van der Waals surface area contributed by atoms with Crippen LogP contribution in [0.2, 0.25) is 0 Å². The minimum atomic E-state index is -1.29. The van der Waals surface area contributed by atoms with Gasteiger partial charge in [-0.25, -0.2) is 18.0 Å². The van der Waals surface area contributed by atoms with Crippen molar-refractivity contribution in [3.8, 4) is 11.1 Å². The summed E-state index contributed by atoms with van der Waals surface area (Å²) < 4.78 is 40.7. The predicted molar refractivity (Wildman–Crippen MR) is 67.9 cm³/mol. The molecule has 0 spiro atoms. The maximum atomic E-state index is 14.0. The van der Waals surface area contributed by atoms with Crippen molar-refractivity contribution in [3.63, 3.8) is 0 Å². The van der Waals surface area contributed by atoms with Crippen LogP contribution in [0.15, 0.2) is 24.3 Å². The highest BCUT2D eigenvalue weighted by Gasteiger charge is 2.20. The van der Waals surface area contributed by atoms with Gasteiger partial charge in [0, 0.05) is 16.7 Å². The van der Waals surface area contributed by atoms with E-state index < -0.39 is 29.0 Å². The maximum Gasteiger partial charge on any atom is 0.337 e. The molecule has 3 nitrogen and oxygen atoms in total. The van der Waals surface area contributed by atoms with Crippen LogP contribution < -0.4 is 5.73 Å². The fourth-order valence-corrected chi connectivity index (χ4v) is 1.91. The lowest BCUT2D eigenvalue weighted by Crippen LogP contribution is -2.05. The Kier molecular flexibility index (Phi) is 3.40. The SMILES string of the molecule is Cc1c(F)c(F)cc(-c2cccc(C(=O)O)c2N)c1F. The van der Waals surface area contributed by atoms with Gasteiger partial charge in [-0.05, 0) is 19.1 Å². The first-order valence-electron chi connectivity index (χ1n) is 5.60. The van der Waals surface area contributed by atoms with Crippen LogP contribution in [0.25, 0.3) is 11.1 Å². The first-order chi connectivity index (χ1) is 9.34. The minimum Gasteiger partial charge on any atom is -0.478 e. The van der Waals surface area contributed by atoms with Gasteiger partial charge < -0.3 is 10.8 Å². The highest BCUT2D eigenvalue weighted by Crippen LogP contribution is 2.33. The van der Waals surface area contributed by atoms with Gasteiger partial charge in [0.05, 0.1) is 11.3 Å². The van der Waals surface area contributed by atoms with E-state index >= 15 is 0 Å². The van der Waals surface area contributed by atoms with Crippen LogP contribution in [0.5, 0.6) is 0 Å². The third kappa shape index (κ3) is 2.09. The summed E-state index contributed by atoms with van der Waals surface area (Å²) >= 11 is 0. The summed E-state index contributed by atoms with van der Waals surface area (Å²) in [6, 6.07) is 4.60. The average molecular weight is 281 g/mol. The number of aromatic carboxylic acids is 1. The highest BCUT2D eigenvalue weighted by atomic mass is 19.2. The van der Waals surface area contributed by atoms with Crippen LogP contribution in [0.3, 0.4) is 0 Å². The number of para-hydroxylation sites is 1. The number of rotatable bonds is 2. The molecule has 0 heterocycles. The third-order valence-electron chi connectivity index (χ3n) is 3.00. The largest absolute Gasteiger partial charge is 0.478 e. The fraction of sp³-hybridized carbons (Fsp3) is 0.0714. The molecule has 2 aromatic rings. The quantitative estimate of drug-likeness (QED) is 0.655. The number of hydrogen-bond acceptors (Lipinski definition) is 2. The summed E-state index contributed by atoms with van der Waals surface area (Å²) in [4.78, 5) is 11.0. The number of nitrogen functional groups attached to an aromatic ring is 1. The molecule has 0 unspecified atom stereocenters. The van der Waals surface area contributed by atoms with E-state index in [1.165, 1.54) is 18.2 Å². The normalized spacial score (nSPS) is 10.6. The molecule has 0 saturated heterocycles. The molecule has 0 fully saturated rings. The molecule has 0 atom stereocenters. The Morgan fingerprint density at radius 2 is 1.80 bits per heavy atom. The van der Waals surface area contributed by atoms with Crippen molar-refractivity contribution in [2.24, 2.45) is 0 Å². The Bertz CT molecular complexity index is 714. The van der Waals surface area contributed by atoms with Crippen LogP contribution in [0.1, 0.15) is 15.9 Å². The van der Waals surface area contributed by atoms with Gasteiger partial charge in [0.15, 0.2) is 11.6 Å². The van der Waals surface area contributed by atoms with E-state index in [9.17, 15) is 18.0 Å². The van der Waals surface area contributed by atoms with E-state index in [0.29, 0.717) is 6.07 Å². The number of anilines is 1. The molecule has 2 aromatic carbocycles. The Morgan fingerprint density at radius 3 is 2.40 bits per heavy atom. The molecule has 0 aliphatic carbocycles. The molecular weight excluding hydrogens is 271 g/mol. The van der Waals surface area contributed by atoms with Gasteiger partial charge in [-0.1, -0.05) is 12.1 Å². The van der Waals surface area contributed by atoms with Gasteiger partial charge >= 0.3 is 5.97 Å². The van der Waals surface area contributed by atoms with Crippen LogP contribution in [0.4, 0.5) is 18.9 Å². The van der Waals surface area contributed by atoms with Crippen LogP contribution in [0, 0.1) is 24.4 Å². The molecule has 6 heteroatoms. The van der Waals surface area contributed by atoms with E-state index in [0.717, 1.165) is 6.92 Å².